The fraction of sp³-hybridized carbons (Fsp3) is 0.323. The van der Waals surface area contributed by atoms with Crippen molar-refractivity contribution in [3.63, 3.8) is 0 Å². The minimum absolute atomic E-state index is 0.0170. The van der Waals surface area contributed by atoms with Gasteiger partial charge < -0.3 is 5.32 Å². The first-order valence-electron chi connectivity index (χ1n) is 13.3. The topological polar surface area (TPSA) is 64.0 Å². The summed E-state index contributed by atoms with van der Waals surface area (Å²) in [7, 11) is 0. The van der Waals surface area contributed by atoms with Crippen molar-refractivity contribution in [2.45, 2.75) is 49.6 Å². The van der Waals surface area contributed by atoms with Gasteiger partial charge in [0.05, 0.1) is 10.9 Å². The van der Waals surface area contributed by atoms with Crippen LogP contribution in [-0.4, -0.2) is 22.0 Å². The zero-order chi connectivity index (χ0) is 26.3. The van der Waals surface area contributed by atoms with Crippen LogP contribution in [0.15, 0.2) is 88.8 Å². The van der Waals surface area contributed by atoms with Crippen LogP contribution in [0.2, 0.25) is 0 Å². The third-order valence-electron chi connectivity index (χ3n) is 7.36. The maximum Gasteiger partial charge on any atom is 0.262 e. The first kappa shape index (κ1) is 26.2. The van der Waals surface area contributed by atoms with Crippen molar-refractivity contribution in [2.75, 3.05) is 6.54 Å². The second-order valence-corrected chi connectivity index (χ2v) is 10.9. The highest BCUT2D eigenvalue weighted by Crippen LogP contribution is 2.31. The average Bonchev–Trinajstić information content (AvgIpc) is 2.95. The van der Waals surface area contributed by atoms with Gasteiger partial charge in [-0.1, -0.05) is 72.4 Å². The SMILES string of the molecule is O=C(NCCc1ccccc1)C1CCC(Cn2c(SCc3ccccc3F)nc3ccccc3c2=O)CC1. The van der Waals surface area contributed by atoms with Gasteiger partial charge in [-0.2, -0.15) is 0 Å². The van der Waals surface area contributed by atoms with Crippen LogP contribution in [0.3, 0.4) is 0 Å². The van der Waals surface area contributed by atoms with Gasteiger partial charge in [0.2, 0.25) is 5.91 Å². The molecule has 3 aromatic carbocycles. The highest BCUT2D eigenvalue weighted by Gasteiger charge is 2.27. The molecule has 1 aliphatic carbocycles. The molecule has 1 N–H and O–H groups in total. The monoisotopic (exact) mass is 529 g/mol. The quantitative estimate of drug-likeness (QED) is 0.214. The fourth-order valence-electron chi connectivity index (χ4n) is 5.16. The number of carbonyl (C=O) groups excluding carboxylic acids is 1. The predicted octanol–water partition coefficient (Wildman–Crippen LogP) is 5.99. The Balaban J connectivity index is 1.23. The van der Waals surface area contributed by atoms with E-state index in [0.29, 0.717) is 40.5 Å². The fourth-order valence-corrected chi connectivity index (χ4v) is 6.16. The van der Waals surface area contributed by atoms with Crippen LogP contribution in [0, 0.1) is 17.7 Å². The molecule has 0 spiro atoms. The lowest BCUT2D eigenvalue weighted by Gasteiger charge is -2.28. The number of aromatic nitrogens is 2. The zero-order valence-corrected chi connectivity index (χ0v) is 22.1. The molecular formula is C31H32FN3O2S. The molecule has 4 aromatic rings. The Labute approximate surface area is 226 Å². The van der Waals surface area contributed by atoms with Gasteiger partial charge in [0, 0.05) is 24.8 Å². The van der Waals surface area contributed by atoms with Gasteiger partial charge in [0.25, 0.3) is 5.56 Å². The van der Waals surface area contributed by atoms with Crippen LogP contribution in [-0.2, 0) is 23.5 Å². The molecule has 0 saturated heterocycles. The van der Waals surface area contributed by atoms with Crippen molar-refractivity contribution in [1.29, 1.82) is 0 Å². The molecule has 0 bridgehead atoms. The van der Waals surface area contributed by atoms with E-state index in [9.17, 15) is 14.0 Å². The Bertz CT molecular complexity index is 1450. The average molecular weight is 530 g/mol. The second-order valence-electron chi connectivity index (χ2n) is 9.95. The molecule has 1 heterocycles. The van der Waals surface area contributed by atoms with Crippen LogP contribution in [0.4, 0.5) is 4.39 Å². The number of halogens is 1. The van der Waals surface area contributed by atoms with Gasteiger partial charge in [-0.3, -0.25) is 14.2 Å². The highest BCUT2D eigenvalue weighted by atomic mass is 32.2. The predicted molar refractivity (Wildman–Crippen MR) is 151 cm³/mol. The van der Waals surface area contributed by atoms with Crippen LogP contribution in [0.1, 0.15) is 36.8 Å². The lowest BCUT2D eigenvalue weighted by Crippen LogP contribution is -2.35. The van der Waals surface area contributed by atoms with Crippen molar-refractivity contribution >= 4 is 28.6 Å². The van der Waals surface area contributed by atoms with E-state index >= 15 is 0 Å². The molecule has 0 aliphatic heterocycles. The molecule has 5 rings (SSSR count). The first-order valence-corrected chi connectivity index (χ1v) is 14.2. The summed E-state index contributed by atoms with van der Waals surface area (Å²) >= 11 is 1.39. The molecule has 7 heteroatoms. The van der Waals surface area contributed by atoms with E-state index in [1.165, 1.54) is 23.4 Å². The van der Waals surface area contributed by atoms with Crippen LogP contribution >= 0.6 is 11.8 Å². The Kier molecular flexibility index (Phi) is 8.54. The van der Waals surface area contributed by atoms with Crippen molar-refractivity contribution in [2.24, 2.45) is 11.8 Å². The van der Waals surface area contributed by atoms with Crippen LogP contribution in [0.25, 0.3) is 10.9 Å². The summed E-state index contributed by atoms with van der Waals surface area (Å²) < 4.78 is 16.0. The Morgan fingerprint density at radius 2 is 1.66 bits per heavy atom. The summed E-state index contributed by atoms with van der Waals surface area (Å²) in [5, 5.41) is 4.30. The summed E-state index contributed by atoms with van der Waals surface area (Å²) in [5.74, 6) is 0.577. The first-order chi connectivity index (χ1) is 18.6. The molecule has 0 unspecified atom stereocenters. The Morgan fingerprint density at radius 1 is 0.947 bits per heavy atom. The number of hydrogen-bond donors (Lipinski definition) is 1. The number of nitrogens with zero attached hydrogens (tertiary/aromatic N) is 2. The molecule has 1 fully saturated rings. The molecule has 1 saturated carbocycles. The van der Waals surface area contributed by atoms with Gasteiger partial charge in [-0.05, 0) is 67.3 Å². The van der Waals surface area contributed by atoms with Crippen molar-refractivity contribution in [3.8, 4) is 0 Å². The van der Waals surface area contributed by atoms with Gasteiger partial charge in [0.15, 0.2) is 5.16 Å². The van der Waals surface area contributed by atoms with Gasteiger partial charge in [-0.25, -0.2) is 9.37 Å². The maximum atomic E-state index is 14.2. The number of para-hydroxylation sites is 1. The maximum absolute atomic E-state index is 14.2. The van der Waals surface area contributed by atoms with E-state index in [-0.39, 0.29) is 29.1 Å². The van der Waals surface area contributed by atoms with Crippen LogP contribution in [0.5, 0.6) is 0 Å². The van der Waals surface area contributed by atoms with E-state index in [2.05, 4.69) is 17.4 Å². The Hall–Kier alpha value is -3.45. The van der Waals surface area contributed by atoms with Crippen molar-refractivity contribution in [3.05, 3.63) is 106 Å². The second kappa shape index (κ2) is 12.4. The normalized spacial score (nSPS) is 17.4. The minimum Gasteiger partial charge on any atom is -0.356 e. The lowest BCUT2D eigenvalue weighted by molar-refractivity contribution is -0.126. The number of hydrogen-bond acceptors (Lipinski definition) is 4. The smallest absolute Gasteiger partial charge is 0.262 e. The largest absolute Gasteiger partial charge is 0.356 e. The molecule has 1 aliphatic rings. The van der Waals surface area contributed by atoms with Gasteiger partial charge in [-0.15, -0.1) is 0 Å². The molecule has 38 heavy (non-hydrogen) atoms. The number of fused-ring (bicyclic) bond motifs is 1. The highest BCUT2D eigenvalue weighted by molar-refractivity contribution is 7.98. The third-order valence-corrected chi connectivity index (χ3v) is 8.38. The van der Waals surface area contributed by atoms with E-state index < -0.39 is 0 Å². The zero-order valence-electron chi connectivity index (χ0n) is 21.3. The van der Waals surface area contributed by atoms with E-state index in [4.69, 9.17) is 4.98 Å². The number of carbonyl (C=O) groups is 1. The molecule has 1 aromatic heterocycles. The summed E-state index contributed by atoms with van der Waals surface area (Å²) in [6.07, 6.45) is 4.22. The van der Waals surface area contributed by atoms with Crippen LogP contribution < -0.4 is 10.9 Å². The number of benzene rings is 3. The third kappa shape index (κ3) is 6.33. The Morgan fingerprint density at radius 3 is 2.45 bits per heavy atom. The van der Waals surface area contributed by atoms with Gasteiger partial charge >= 0.3 is 0 Å². The van der Waals surface area contributed by atoms with E-state index in [1.54, 1.807) is 16.7 Å². The summed E-state index contributed by atoms with van der Waals surface area (Å²) in [6, 6.07) is 24.2. The van der Waals surface area contributed by atoms with E-state index in [1.807, 2.05) is 48.5 Å². The van der Waals surface area contributed by atoms with Gasteiger partial charge in [0.1, 0.15) is 5.82 Å². The number of amides is 1. The van der Waals surface area contributed by atoms with Crippen molar-refractivity contribution in [1.82, 2.24) is 14.9 Å². The summed E-state index contributed by atoms with van der Waals surface area (Å²) in [5.41, 5.74) is 2.40. The summed E-state index contributed by atoms with van der Waals surface area (Å²) in [4.78, 5) is 31.0. The molecule has 1 amide bonds. The minimum atomic E-state index is -0.255. The number of nitrogens with one attached hydrogen (secondary N) is 1. The molecule has 0 atom stereocenters. The van der Waals surface area contributed by atoms with Crippen molar-refractivity contribution < 1.29 is 9.18 Å². The standard InChI is InChI=1S/C31H32FN3O2S/c32-27-12-6-4-10-25(27)21-38-31-34-28-13-7-5-11-26(28)30(37)35(31)20-23-14-16-24(17-15-23)29(36)33-19-18-22-8-2-1-3-9-22/h1-13,23-24H,14-21H2,(H,33,36). The number of thioether (sulfide) groups is 1. The molecule has 0 radical (unpaired) electrons. The lowest BCUT2D eigenvalue weighted by atomic mass is 9.81. The summed E-state index contributed by atoms with van der Waals surface area (Å²) in [6.45, 7) is 1.20. The molecular weight excluding hydrogens is 497 g/mol. The van der Waals surface area contributed by atoms with E-state index in [0.717, 1.165) is 32.1 Å². The number of rotatable bonds is 9. The molecule has 196 valence electrons. The molecule has 5 nitrogen and oxygen atoms in total.